The molecular formula is C10H14N4O2. The number of aliphatic hydroxyl groups excluding tert-OH is 2. The summed E-state index contributed by atoms with van der Waals surface area (Å²) in [5, 5.41) is 22.6. The van der Waals surface area contributed by atoms with E-state index in [4.69, 9.17) is 11.3 Å². The van der Waals surface area contributed by atoms with Crippen molar-refractivity contribution < 1.29 is 10.2 Å². The summed E-state index contributed by atoms with van der Waals surface area (Å²) in [6, 6.07) is 5.09. The number of hydrogen-bond acceptors (Lipinski definition) is 4. The van der Waals surface area contributed by atoms with Crippen molar-refractivity contribution in [1.29, 1.82) is 0 Å². The predicted octanol–water partition coefficient (Wildman–Crippen LogP) is 1.28. The Labute approximate surface area is 93.0 Å². The van der Waals surface area contributed by atoms with Crippen LogP contribution in [0, 0.1) is 6.92 Å². The number of nitrogens with zero attached hydrogens (tertiary/aromatic N) is 3. The SMILES string of the molecule is Cc1c(N)cccc1C(O)C(O)CN=[N+]=[N-]. The highest BCUT2D eigenvalue weighted by atomic mass is 16.3. The van der Waals surface area contributed by atoms with Crippen molar-refractivity contribution in [3.05, 3.63) is 39.8 Å². The first-order valence-electron chi connectivity index (χ1n) is 4.80. The quantitative estimate of drug-likeness (QED) is 0.308. The zero-order valence-electron chi connectivity index (χ0n) is 8.91. The van der Waals surface area contributed by atoms with Crippen LogP contribution in [0.5, 0.6) is 0 Å². The summed E-state index contributed by atoms with van der Waals surface area (Å²) in [5.41, 5.74) is 15.6. The highest BCUT2D eigenvalue weighted by Gasteiger charge is 2.19. The second kappa shape index (κ2) is 5.37. The molecule has 2 atom stereocenters. The number of hydrogen-bond donors (Lipinski definition) is 3. The van der Waals surface area contributed by atoms with Crippen LogP contribution < -0.4 is 5.73 Å². The molecule has 0 bridgehead atoms. The van der Waals surface area contributed by atoms with Gasteiger partial charge in [-0.15, -0.1) is 0 Å². The maximum Gasteiger partial charge on any atom is 0.105 e. The van der Waals surface area contributed by atoms with Crippen molar-refractivity contribution in [2.24, 2.45) is 5.11 Å². The molecule has 16 heavy (non-hydrogen) atoms. The van der Waals surface area contributed by atoms with Gasteiger partial charge in [0, 0.05) is 10.6 Å². The van der Waals surface area contributed by atoms with Gasteiger partial charge in [-0.1, -0.05) is 17.2 Å². The summed E-state index contributed by atoms with van der Waals surface area (Å²) in [6.45, 7) is 1.58. The van der Waals surface area contributed by atoms with Gasteiger partial charge in [0.1, 0.15) is 6.10 Å². The molecule has 4 N–H and O–H groups in total. The highest BCUT2D eigenvalue weighted by molar-refractivity contribution is 5.50. The Morgan fingerprint density at radius 1 is 1.50 bits per heavy atom. The van der Waals surface area contributed by atoms with E-state index >= 15 is 0 Å². The lowest BCUT2D eigenvalue weighted by Gasteiger charge is -2.19. The molecule has 0 fully saturated rings. The van der Waals surface area contributed by atoms with E-state index in [0.717, 1.165) is 5.56 Å². The summed E-state index contributed by atoms with van der Waals surface area (Å²) < 4.78 is 0. The molecule has 0 radical (unpaired) electrons. The van der Waals surface area contributed by atoms with Crippen molar-refractivity contribution >= 4 is 5.69 Å². The Hall–Kier alpha value is -1.75. The summed E-state index contributed by atoms with van der Waals surface area (Å²) >= 11 is 0. The van der Waals surface area contributed by atoms with Gasteiger partial charge in [0.05, 0.1) is 12.6 Å². The van der Waals surface area contributed by atoms with Gasteiger partial charge in [-0.05, 0) is 29.6 Å². The number of azide groups is 1. The zero-order chi connectivity index (χ0) is 12.1. The van der Waals surface area contributed by atoms with Crippen LogP contribution in [0.1, 0.15) is 17.2 Å². The monoisotopic (exact) mass is 222 g/mol. The van der Waals surface area contributed by atoms with Crippen molar-refractivity contribution in [1.82, 2.24) is 0 Å². The second-order valence-corrected chi connectivity index (χ2v) is 3.49. The van der Waals surface area contributed by atoms with Gasteiger partial charge in [-0.2, -0.15) is 0 Å². The van der Waals surface area contributed by atoms with Gasteiger partial charge in [-0.3, -0.25) is 0 Å². The first-order valence-corrected chi connectivity index (χ1v) is 4.80. The van der Waals surface area contributed by atoms with Crippen LogP contribution in [0.15, 0.2) is 23.3 Å². The Balaban J connectivity index is 2.91. The fourth-order valence-corrected chi connectivity index (χ4v) is 1.42. The van der Waals surface area contributed by atoms with E-state index < -0.39 is 12.2 Å². The number of rotatable bonds is 4. The average Bonchev–Trinajstić information content (AvgIpc) is 2.28. The topological polar surface area (TPSA) is 115 Å². The molecule has 1 rings (SSSR count). The van der Waals surface area contributed by atoms with Gasteiger partial charge in [0.2, 0.25) is 0 Å². The molecule has 0 saturated heterocycles. The molecule has 0 aromatic heterocycles. The molecule has 6 nitrogen and oxygen atoms in total. The summed E-state index contributed by atoms with van der Waals surface area (Å²) in [4.78, 5) is 2.52. The average molecular weight is 222 g/mol. The third kappa shape index (κ3) is 2.64. The van der Waals surface area contributed by atoms with Crippen molar-refractivity contribution in [2.75, 3.05) is 12.3 Å². The third-order valence-electron chi connectivity index (χ3n) is 2.43. The van der Waals surface area contributed by atoms with Crippen molar-refractivity contribution in [3.63, 3.8) is 0 Å². The number of nitrogens with two attached hydrogens (primary N) is 1. The molecular weight excluding hydrogens is 208 g/mol. The molecule has 1 aromatic carbocycles. The van der Waals surface area contributed by atoms with Crippen LogP contribution in [0.2, 0.25) is 0 Å². The molecule has 0 heterocycles. The van der Waals surface area contributed by atoms with Crippen molar-refractivity contribution in [2.45, 2.75) is 19.1 Å². The Kier molecular flexibility index (Phi) is 4.13. The smallest absolute Gasteiger partial charge is 0.105 e. The van der Waals surface area contributed by atoms with Crippen LogP contribution in [0.4, 0.5) is 5.69 Å². The Morgan fingerprint density at radius 2 is 2.19 bits per heavy atom. The van der Waals surface area contributed by atoms with Gasteiger partial charge in [-0.25, -0.2) is 0 Å². The fraction of sp³-hybridized carbons (Fsp3) is 0.400. The lowest BCUT2D eigenvalue weighted by Crippen LogP contribution is -2.22. The molecule has 0 spiro atoms. The number of nitrogen functional groups attached to an aromatic ring is 1. The lowest BCUT2D eigenvalue weighted by molar-refractivity contribution is 0.0241. The largest absolute Gasteiger partial charge is 0.399 e. The molecule has 2 unspecified atom stereocenters. The Bertz CT molecular complexity index is 415. The lowest BCUT2D eigenvalue weighted by atomic mass is 9.98. The second-order valence-electron chi connectivity index (χ2n) is 3.49. The van der Waals surface area contributed by atoms with E-state index in [0.29, 0.717) is 11.3 Å². The van der Waals surface area contributed by atoms with Gasteiger partial charge in [0.15, 0.2) is 0 Å². The molecule has 6 heteroatoms. The third-order valence-corrected chi connectivity index (χ3v) is 2.43. The van der Waals surface area contributed by atoms with E-state index in [-0.39, 0.29) is 6.54 Å². The van der Waals surface area contributed by atoms with Crippen molar-refractivity contribution in [3.8, 4) is 0 Å². The minimum atomic E-state index is -1.13. The number of anilines is 1. The van der Waals surface area contributed by atoms with Crippen LogP contribution in [-0.2, 0) is 0 Å². The molecule has 0 amide bonds. The molecule has 0 aliphatic heterocycles. The predicted molar refractivity (Wildman–Crippen MR) is 60.6 cm³/mol. The van der Waals surface area contributed by atoms with Gasteiger partial charge < -0.3 is 15.9 Å². The van der Waals surface area contributed by atoms with E-state index in [1.54, 1.807) is 25.1 Å². The van der Waals surface area contributed by atoms with E-state index in [1.165, 1.54) is 0 Å². The molecule has 0 aliphatic rings. The summed E-state index contributed by atoms with van der Waals surface area (Å²) in [6.07, 6.45) is -2.23. The van der Waals surface area contributed by atoms with Crippen LogP contribution in [0.3, 0.4) is 0 Å². The minimum Gasteiger partial charge on any atom is -0.399 e. The highest BCUT2D eigenvalue weighted by Crippen LogP contribution is 2.24. The van der Waals surface area contributed by atoms with Gasteiger partial charge in [0.25, 0.3) is 0 Å². The minimum absolute atomic E-state index is 0.175. The van der Waals surface area contributed by atoms with E-state index in [2.05, 4.69) is 10.0 Å². The normalized spacial score (nSPS) is 13.9. The van der Waals surface area contributed by atoms with Crippen LogP contribution in [-0.4, -0.2) is 22.9 Å². The molecule has 0 aliphatic carbocycles. The maximum absolute atomic E-state index is 9.83. The van der Waals surface area contributed by atoms with Crippen LogP contribution in [0.25, 0.3) is 10.4 Å². The molecule has 86 valence electrons. The maximum atomic E-state index is 9.83. The van der Waals surface area contributed by atoms with Gasteiger partial charge >= 0.3 is 0 Å². The van der Waals surface area contributed by atoms with E-state index in [1.807, 2.05) is 0 Å². The number of aliphatic hydroxyl groups is 2. The molecule has 0 saturated carbocycles. The van der Waals surface area contributed by atoms with Crippen LogP contribution >= 0.6 is 0 Å². The Morgan fingerprint density at radius 3 is 2.81 bits per heavy atom. The summed E-state index contributed by atoms with van der Waals surface area (Å²) in [5.74, 6) is 0. The number of benzene rings is 1. The molecule has 1 aromatic rings. The first-order chi connectivity index (χ1) is 7.57. The standard InChI is InChI=1S/C10H14N4O2/c1-6-7(3-2-4-8(6)11)10(16)9(15)5-13-14-12/h2-4,9-10,15-16H,5,11H2,1H3. The zero-order valence-corrected chi connectivity index (χ0v) is 8.91. The van der Waals surface area contributed by atoms with E-state index in [9.17, 15) is 10.2 Å². The summed E-state index contributed by atoms with van der Waals surface area (Å²) in [7, 11) is 0. The first kappa shape index (κ1) is 12.3. The fourth-order valence-electron chi connectivity index (χ4n) is 1.42.